The molecule has 140 valence electrons. The molecule has 0 saturated carbocycles. The van der Waals surface area contributed by atoms with E-state index in [4.69, 9.17) is 5.11 Å². The highest BCUT2D eigenvalue weighted by atomic mass is 32.1. The van der Waals surface area contributed by atoms with Gasteiger partial charge in [0.15, 0.2) is 4.80 Å². The third-order valence-electron chi connectivity index (χ3n) is 4.41. The van der Waals surface area contributed by atoms with Gasteiger partial charge in [-0.15, -0.1) is 0 Å². The monoisotopic (exact) mass is 391 g/mol. The van der Waals surface area contributed by atoms with Crippen LogP contribution in [-0.4, -0.2) is 27.0 Å². The summed E-state index contributed by atoms with van der Waals surface area (Å²) in [4.78, 5) is 21.3. The SMILES string of the molecule is CCn1c(O)c(/C=C2\C=Nc3ccccc32)sc1=Nc1ccc(C(=O)O)cc1. The molecule has 0 fully saturated rings. The molecule has 0 bridgehead atoms. The summed E-state index contributed by atoms with van der Waals surface area (Å²) in [6, 6.07) is 14.2. The fourth-order valence-electron chi connectivity index (χ4n) is 2.97. The van der Waals surface area contributed by atoms with Crippen LogP contribution in [-0.2, 0) is 6.54 Å². The standard InChI is InChI=1S/C21H17N3O3S/c1-2-24-19(25)18(11-14-12-22-17-6-4-3-5-16(14)17)28-21(24)23-15-9-7-13(8-10-15)20(26)27/h3-12,25H,2H2,1H3,(H,26,27)/b14-11+,23-21?. The number of benzene rings is 2. The molecule has 0 saturated heterocycles. The summed E-state index contributed by atoms with van der Waals surface area (Å²) >= 11 is 1.37. The number of rotatable bonds is 4. The smallest absolute Gasteiger partial charge is 0.335 e. The molecule has 1 aliphatic heterocycles. The topological polar surface area (TPSA) is 87.2 Å². The predicted molar refractivity (Wildman–Crippen MR) is 111 cm³/mol. The first-order valence-corrected chi connectivity index (χ1v) is 9.54. The molecule has 28 heavy (non-hydrogen) atoms. The van der Waals surface area contributed by atoms with E-state index in [9.17, 15) is 9.90 Å². The molecule has 6 nitrogen and oxygen atoms in total. The van der Waals surface area contributed by atoms with Gasteiger partial charge in [-0.2, -0.15) is 0 Å². The van der Waals surface area contributed by atoms with Gasteiger partial charge < -0.3 is 10.2 Å². The molecule has 0 spiro atoms. The molecule has 7 heteroatoms. The number of aromatic carboxylic acids is 1. The molecular weight excluding hydrogens is 374 g/mol. The Morgan fingerprint density at radius 3 is 2.68 bits per heavy atom. The van der Waals surface area contributed by atoms with Crippen LogP contribution in [0.15, 0.2) is 58.5 Å². The van der Waals surface area contributed by atoms with Crippen LogP contribution in [0.1, 0.15) is 27.7 Å². The Labute approximate surface area is 165 Å². The number of aliphatic imine (C=N–C) groups is 1. The Hall–Kier alpha value is -3.45. The second kappa shape index (κ2) is 7.28. The minimum atomic E-state index is -0.976. The fraction of sp³-hybridized carbons (Fsp3) is 0.0952. The molecule has 3 aromatic rings. The predicted octanol–water partition coefficient (Wildman–Crippen LogP) is 4.46. The normalized spacial score (nSPS) is 14.6. The van der Waals surface area contributed by atoms with Gasteiger partial charge >= 0.3 is 5.97 Å². The fourth-order valence-corrected chi connectivity index (χ4v) is 4.03. The van der Waals surface area contributed by atoms with Crippen LogP contribution in [0.4, 0.5) is 11.4 Å². The minimum Gasteiger partial charge on any atom is -0.493 e. The van der Waals surface area contributed by atoms with E-state index in [0.717, 1.165) is 16.8 Å². The Bertz CT molecular complexity index is 1180. The van der Waals surface area contributed by atoms with E-state index in [1.807, 2.05) is 37.3 Å². The maximum atomic E-state index is 11.0. The van der Waals surface area contributed by atoms with Gasteiger partial charge in [0.05, 0.1) is 21.8 Å². The zero-order chi connectivity index (χ0) is 19.7. The number of thiazole rings is 1. The number of carbonyl (C=O) groups is 1. The Kier molecular flexibility index (Phi) is 4.67. The van der Waals surface area contributed by atoms with Crippen molar-refractivity contribution in [1.29, 1.82) is 0 Å². The zero-order valence-electron chi connectivity index (χ0n) is 15.0. The van der Waals surface area contributed by atoms with Crippen molar-refractivity contribution in [3.05, 3.63) is 69.3 Å². The number of aromatic hydroxyl groups is 1. The van der Waals surface area contributed by atoms with E-state index >= 15 is 0 Å². The van der Waals surface area contributed by atoms with Gasteiger partial charge in [-0.1, -0.05) is 29.5 Å². The number of para-hydroxylation sites is 1. The average molecular weight is 391 g/mol. The molecule has 2 aromatic carbocycles. The lowest BCUT2D eigenvalue weighted by Crippen LogP contribution is -2.12. The maximum Gasteiger partial charge on any atom is 0.335 e. The number of allylic oxidation sites excluding steroid dienone is 1. The van der Waals surface area contributed by atoms with E-state index in [1.165, 1.54) is 23.5 Å². The number of aromatic nitrogens is 1. The molecule has 1 aromatic heterocycles. The van der Waals surface area contributed by atoms with Crippen LogP contribution in [0.2, 0.25) is 0 Å². The Morgan fingerprint density at radius 1 is 1.21 bits per heavy atom. The summed E-state index contributed by atoms with van der Waals surface area (Å²) in [6.07, 6.45) is 3.70. The lowest BCUT2D eigenvalue weighted by molar-refractivity contribution is 0.0697. The molecule has 2 heterocycles. The first-order chi connectivity index (χ1) is 13.6. The van der Waals surface area contributed by atoms with E-state index in [0.29, 0.717) is 21.9 Å². The number of hydrogen-bond acceptors (Lipinski definition) is 5. The number of hydrogen-bond donors (Lipinski definition) is 2. The van der Waals surface area contributed by atoms with Gasteiger partial charge in [0.1, 0.15) is 0 Å². The third kappa shape index (κ3) is 3.27. The molecule has 0 radical (unpaired) electrons. The highest BCUT2D eigenvalue weighted by Gasteiger charge is 2.15. The molecular formula is C21H17N3O3S. The molecule has 0 atom stereocenters. The summed E-state index contributed by atoms with van der Waals surface area (Å²) in [5.41, 5.74) is 3.71. The van der Waals surface area contributed by atoms with E-state index < -0.39 is 5.97 Å². The van der Waals surface area contributed by atoms with Crippen molar-refractivity contribution in [2.24, 2.45) is 9.98 Å². The highest BCUT2D eigenvalue weighted by Crippen LogP contribution is 2.34. The van der Waals surface area contributed by atoms with Crippen molar-refractivity contribution in [2.75, 3.05) is 0 Å². The number of carboxylic acid groups (broad SMARTS) is 1. The van der Waals surface area contributed by atoms with E-state index in [1.54, 1.807) is 22.9 Å². The van der Waals surface area contributed by atoms with Crippen molar-refractivity contribution in [3.63, 3.8) is 0 Å². The van der Waals surface area contributed by atoms with Crippen molar-refractivity contribution >= 4 is 46.5 Å². The van der Waals surface area contributed by atoms with Gasteiger partial charge in [-0.3, -0.25) is 9.56 Å². The van der Waals surface area contributed by atoms with E-state index in [2.05, 4.69) is 9.98 Å². The summed E-state index contributed by atoms with van der Waals surface area (Å²) in [6.45, 7) is 2.49. The summed E-state index contributed by atoms with van der Waals surface area (Å²) in [5, 5.41) is 19.7. The second-order valence-corrected chi connectivity index (χ2v) is 7.16. The molecule has 1 aliphatic rings. The summed E-state index contributed by atoms with van der Waals surface area (Å²) in [5.74, 6) is -0.824. The average Bonchev–Trinajstić information content (AvgIpc) is 3.23. The molecule has 2 N–H and O–H groups in total. The zero-order valence-corrected chi connectivity index (χ0v) is 15.8. The summed E-state index contributed by atoms with van der Waals surface area (Å²) in [7, 11) is 0. The van der Waals surface area contributed by atoms with Crippen molar-refractivity contribution < 1.29 is 15.0 Å². The van der Waals surface area contributed by atoms with Gasteiger partial charge in [-0.05, 0) is 43.3 Å². The maximum absolute atomic E-state index is 11.0. The van der Waals surface area contributed by atoms with Crippen LogP contribution in [0, 0.1) is 0 Å². The van der Waals surface area contributed by atoms with Crippen LogP contribution >= 0.6 is 11.3 Å². The van der Waals surface area contributed by atoms with Gasteiger partial charge in [0.25, 0.3) is 0 Å². The third-order valence-corrected chi connectivity index (χ3v) is 5.42. The lowest BCUT2D eigenvalue weighted by Gasteiger charge is -2.01. The number of nitrogens with zero attached hydrogens (tertiary/aromatic N) is 3. The van der Waals surface area contributed by atoms with Gasteiger partial charge in [0.2, 0.25) is 5.88 Å². The Morgan fingerprint density at radius 2 is 1.96 bits per heavy atom. The van der Waals surface area contributed by atoms with Gasteiger partial charge in [0, 0.05) is 23.9 Å². The molecule has 4 rings (SSSR count). The van der Waals surface area contributed by atoms with Gasteiger partial charge in [-0.25, -0.2) is 9.79 Å². The number of carboxylic acids is 1. The molecule has 0 aliphatic carbocycles. The van der Waals surface area contributed by atoms with Crippen LogP contribution in [0.25, 0.3) is 11.6 Å². The highest BCUT2D eigenvalue weighted by molar-refractivity contribution is 7.10. The second-order valence-electron chi connectivity index (χ2n) is 6.16. The van der Waals surface area contributed by atoms with Crippen molar-refractivity contribution in [1.82, 2.24) is 4.57 Å². The first kappa shape index (κ1) is 17.9. The van der Waals surface area contributed by atoms with E-state index in [-0.39, 0.29) is 11.4 Å². The quantitative estimate of drug-likeness (QED) is 0.688. The minimum absolute atomic E-state index is 0.152. The van der Waals surface area contributed by atoms with Crippen molar-refractivity contribution in [3.8, 4) is 5.88 Å². The molecule has 0 unspecified atom stereocenters. The van der Waals surface area contributed by atoms with Crippen molar-refractivity contribution in [2.45, 2.75) is 13.5 Å². The van der Waals surface area contributed by atoms with Crippen LogP contribution < -0.4 is 4.80 Å². The molecule has 0 amide bonds. The summed E-state index contributed by atoms with van der Waals surface area (Å²) < 4.78 is 1.72. The van der Waals surface area contributed by atoms with Crippen LogP contribution in [0.5, 0.6) is 5.88 Å². The largest absolute Gasteiger partial charge is 0.493 e. The number of fused-ring (bicyclic) bond motifs is 1. The van der Waals surface area contributed by atoms with Crippen LogP contribution in [0.3, 0.4) is 0 Å². The first-order valence-electron chi connectivity index (χ1n) is 8.72. The lowest BCUT2D eigenvalue weighted by atomic mass is 10.1. The Balaban J connectivity index is 1.76.